The molecular formula is C23H26N2O. The summed E-state index contributed by atoms with van der Waals surface area (Å²) in [6, 6.07) is 27.4. The van der Waals surface area contributed by atoms with Crippen LogP contribution < -0.4 is 15.0 Å². The minimum atomic E-state index is 0.138. The molecule has 3 nitrogen and oxygen atoms in total. The van der Waals surface area contributed by atoms with Crippen LogP contribution in [0.2, 0.25) is 0 Å². The van der Waals surface area contributed by atoms with Crippen LogP contribution >= 0.6 is 0 Å². The fourth-order valence-electron chi connectivity index (χ4n) is 3.05. The summed E-state index contributed by atoms with van der Waals surface area (Å²) in [7, 11) is 3.83. The Morgan fingerprint density at radius 2 is 1.54 bits per heavy atom. The van der Waals surface area contributed by atoms with Crippen molar-refractivity contribution in [2.45, 2.75) is 13.0 Å². The molecule has 0 fully saturated rings. The van der Waals surface area contributed by atoms with E-state index in [1.54, 1.807) is 7.11 Å². The van der Waals surface area contributed by atoms with Crippen molar-refractivity contribution in [1.29, 1.82) is 0 Å². The lowest BCUT2D eigenvalue weighted by Crippen LogP contribution is -2.28. The SMILES string of the molecule is COc1ccccc1NC(CN(C)c1ccc(C)cc1)c1ccccc1. The van der Waals surface area contributed by atoms with E-state index in [0.29, 0.717) is 0 Å². The number of aryl methyl sites for hydroxylation is 1. The highest BCUT2D eigenvalue weighted by molar-refractivity contribution is 5.58. The van der Waals surface area contributed by atoms with Crippen LogP contribution in [0.5, 0.6) is 5.75 Å². The number of benzene rings is 3. The molecule has 1 atom stereocenters. The maximum Gasteiger partial charge on any atom is 0.141 e. The normalized spacial score (nSPS) is 11.7. The van der Waals surface area contributed by atoms with Gasteiger partial charge in [-0.1, -0.05) is 60.2 Å². The number of nitrogens with one attached hydrogen (secondary N) is 1. The summed E-state index contributed by atoms with van der Waals surface area (Å²) in [5.41, 5.74) is 4.73. The lowest BCUT2D eigenvalue weighted by molar-refractivity contribution is 0.416. The standard InChI is InChI=1S/C23H26N2O/c1-18-13-15-20(16-14-18)25(2)17-22(19-9-5-4-6-10-19)24-21-11-7-8-12-23(21)26-3/h4-16,22,24H,17H2,1-3H3. The summed E-state index contributed by atoms with van der Waals surface area (Å²) in [5.74, 6) is 0.853. The van der Waals surface area contributed by atoms with E-state index in [0.717, 1.165) is 18.0 Å². The average Bonchev–Trinajstić information content (AvgIpc) is 2.69. The smallest absolute Gasteiger partial charge is 0.141 e. The molecule has 0 heterocycles. The van der Waals surface area contributed by atoms with Gasteiger partial charge in [0.2, 0.25) is 0 Å². The number of likely N-dealkylation sites (N-methyl/N-ethyl adjacent to an activating group) is 1. The molecule has 3 heteroatoms. The second-order valence-electron chi connectivity index (χ2n) is 6.52. The topological polar surface area (TPSA) is 24.5 Å². The average molecular weight is 346 g/mol. The van der Waals surface area contributed by atoms with E-state index in [1.165, 1.54) is 16.8 Å². The van der Waals surface area contributed by atoms with Gasteiger partial charge in [-0.25, -0.2) is 0 Å². The molecule has 0 aliphatic carbocycles. The molecule has 3 aromatic rings. The first-order valence-electron chi connectivity index (χ1n) is 8.89. The Balaban J connectivity index is 1.85. The molecule has 1 N–H and O–H groups in total. The van der Waals surface area contributed by atoms with Gasteiger partial charge in [-0.15, -0.1) is 0 Å². The largest absolute Gasteiger partial charge is 0.495 e. The Kier molecular flexibility index (Phi) is 5.80. The number of methoxy groups -OCH3 is 1. The van der Waals surface area contributed by atoms with E-state index in [1.807, 2.05) is 24.3 Å². The lowest BCUT2D eigenvalue weighted by Gasteiger charge is -2.28. The zero-order valence-electron chi connectivity index (χ0n) is 15.6. The van der Waals surface area contributed by atoms with Gasteiger partial charge in [-0.2, -0.15) is 0 Å². The van der Waals surface area contributed by atoms with Crippen LogP contribution in [-0.4, -0.2) is 20.7 Å². The zero-order chi connectivity index (χ0) is 18.4. The highest BCUT2D eigenvalue weighted by Gasteiger charge is 2.16. The van der Waals surface area contributed by atoms with Crippen LogP contribution in [0, 0.1) is 6.92 Å². The molecule has 3 aromatic carbocycles. The van der Waals surface area contributed by atoms with Crippen LogP contribution in [-0.2, 0) is 0 Å². The minimum absolute atomic E-state index is 0.138. The molecule has 0 amide bonds. The van der Waals surface area contributed by atoms with Gasteiger partial charge in [0.15, 0.2) is 0 Å². The van der Waals surface area contributed by atoms with Crippen molar-refractivity contribution in [3.63, 3.8) is 0 Å². The molecule has 0 aliphatic heterocycles. The van der Waals surface area contributed by atoms with E-state index in [-0.39, 0.29) is 6.04 Å². The molecule has 26 heavy (non-hydrogen) atoms. The summed E-state index contributed by atoms with van der Waals surface area (Å²) in [4.78, 5) is 2.28. The number of hydrogen-bond acceptors (Lipinski definition) is 3. The third-order valence-electron chi connectivity index (χ3n) is 4.57. The van der Waals surface area contributed by atoms with Gasteiger partial charge in [-0.05, 0) is 36.8 Å². The molecule has 1 unspecified atom stereocenters. The molecule has 134 valence electrons. The second-order valence-corrected chi connectivity index (χ2v) is 6.52. The van der Waals surface area contributed by atoms with Crippen molar-refractivity contribution >= 4 is 11.4 Å². The Hall–Kier alpha value is -2.94. The minimum Gasteiger partial charge on any atom is -0.495 e. The van der Waals surface area contributed by atoms with Crippen LogP contribution in [0.1, 0.15) is 17.2 Å². The van der Waals surface area contributed by atoms with Crippen LogP contribution in [0.4, 0.5) is 11.4 Å². The fourth-order valence-corrected chi connectivity index (χ4v) is 3.05. The van der Waals surface area contributed by atoms with Crippen molar-refractivity contribution in [1.82, 2.24) is 0 Å². The third-order valence-corrected chi connectivity index (χ3v) is 4.57. The Morgan fingerprint density at radius 3 is 2.23 bits per heavy atom. The highest BCUT2D eigenvalue weighted by atomic mass is 16.5. The molecule has 0 spiro atoms. The van der Waals surface area contributed by atoms with Crippen molar-refractivity contribution in [3.8, 4) is 5.75 Å². The molecule has 0 aliphatic rings. The Bertz CT molecular complexity index is 815. The van der Waals surface area contributed by atoms with Crippen molar-refractivity contribution in [2.24, 2.45) is 0 Å². The predicted octanol–water partition coefficient (Wildman–Crippen LogP) is 5.29. The van der Waals surface area contributed by atoms with Gasteiger partial charge in [0.25, 0.3) is 0 Å². The van der Waals surface area contributed by atoms with Gasteiger partial charge < -0.3 is 15.0 Å². The second kappa shape index (κ2) is 8.43. The molecule has 0 radical (unpaired) electrons. The number of rotatable bonds is 7. The van der Waals surface area contributed by atoms with Gasteiger partial charge in [0.05, 0.1) is 18.8 Å². The molecular weight excluding hydrogens is 320 g/mol. The molecule has 0 bridgehead atoms. The highest BCUT2D eigenvalue weighted by Crippen LogP contribution is 2.29. The van der Waals surface area contributed by atoms with Crippen molar-refractivity contribution in [2.75, 3.05) is 30.9 Å². The third kappa shape index (κ3) is 4.37. The summed E-state index contributed by atoms with van der Waals surface area (Å²) in [5, 5.41) is 3.66. The van der Waals surface area contributed by atoms with E-state index in [4.69, 9.17) is 4.74 Å². The van der Waals surface area contributed by atoms with Crippen molar-refractivity contribution in [3.05, 3.63) is 90.0 Å². The molecule has 0 saturated heterocycles. The summed E-state index contributed by atoms with van der Waals surface area (Å²) in [6.45, 7) is 2.95. The number of anilines is 2. The van der Waals surface area contributed by atoms with Crippen molar-refractivity contribution < 1.29 is 4.74 Å². The first-order chi connectivity index (χ1) is 12.7. The van der Waals surface area contributed by atoms with Crippen LogP contribution in [0.3, 0.4) is 0 Å². The predicted molar refractivity (Wildman–Crippen MR) is 110 cm³/mol. The monoisotopic (exact) mass is 346 g/mol. The number of ether oxygens (including phenoxy) is 1. The van der Waals surface area contributed by atoms with Gasteiger partial charge >= 0.3 is 0 Å². The quantitative estimate of drug-likeness (QED) is 0.629. The summed E-state index contributed by atoms with van der Waals surface area (Å²) in [6.07, 6.45) is 0. The summed E-state index contributed by atoms with van der Waals surface area (Å²) < 4.78 is 5.51. The molecule has 0 saturated carbocycles. The van der Waals surface area contributed by atoms with E-state index >= 15 is 0 Å². The Morgan fingerprint density at radius 1 is 0.885 bits per heavy atom. The van der Waals surface area contributed by atoms with E-state index < -0.39 is 0 Å². The molecule has 3 rings (SSSR count). The first-order valence-corrected chi connectivity index (χ1v) is 8.89. The van der Waals surface area contributed by atoms with Crippen LogP contribution in [0.15, 0.2) is 78.9 Å². The maximum absolute atomic E-state index is 5.51. The van der Waals surface area contributed by atoms with Gasteiger partial charge in [0, 0.05) is 19.3 Å². The maximum atomic E-state index is 5.51. The number of para-hydroxylation sites is 2. The zero-order valence-corrected chi connectivity index (χ0v) is 15.6. The first kappa shape index (κ1) is 17.9. The number of nitrogens with zero attached hydrogens (tertiary/aromatic N) is 1. The summed E-state index contributed by atoms with van der Waals surface area (Å²) >= 11 is 0. The van der Waals surface area contributed by atoms with E-state index in [9.17, 15) is 0 Å². The van der Waals surface area contributed by atoms with E-state index in [2.05, 4.69) is 78.8 Å². The van der Waals surface area contributed by atoms with Gasteiger partial charge in [0.1, 0.15) is 5.75 Å². The lowest BCUT2D eigenvalue weighted by atomic mass is 10.1. The van der Waals surface area contributed by atoms with Gasteiger partial charge in [-0.3, -0.25) is 0 Å². The molecule has 0 aromatic heterocycles. The van der Waals surface area contributed by atoms with Crippen LogP contribution in [0.25, 0.3) is 0 Å². The fraction of sp³-hybridized carbons (Fsp3) is 0.217. The Labute approximate surface area is 156 Å². The number of hydrogen-bond donors (Lipinski definition) is 1.